The highest BCUT2D eigenvalue weighted by Gasteiger charge is 2.15. The third kappa shape index (κ3) is 3.45. The number of aryl methyl sites for hydroxylation is 2. The maximum Gasteiger partial charge on any atom is 0.0874 e. The van der Waals surface area contributed by atoms with Crippen LogP contribution >= 0.6 is 0 Å². The van der Waals surface area contributed by atoms with Gasteiger partial charge in [-0.1, -0.05) is 6.07 Å². The lowest BCUT2D eigenvalue weighted by atomic mass is 10.1. The van der Waals surface area contributed by atoms with Crippen molar-refractivity contribution in [2.24, 2.45) is 0 Å². The van der Waals surface area contributed by atoms with Gasteiger partial charge < -0.3 is 15.0 Å². The first-order valence-electron chi connectivity index (χ1n) is 6.27. The lowest BCUT2D eigenvalue weighted by Gasteiger charge is -2.29. The summed E-state index contributed by atoms with van der Waals surface area (Å²) in [6.07, 6.45) is 0.301. The number of rotatable bonds is 3. The zero-order valence-corrected chi connectivity index (χ0v) is 11.0. The van der Waals surface area contributed by atoms with Crippen molar-refractivity contribution in [3.05, 3.63) is 29.3 Å². The number of hydrogen-bond donors (Lipinski definition) is 1. The van der Waals surface area contributed by atoms with Crippen LogP contribution in [-0.4, -0.2) is 39.4 Å². The van der Waals surface area contributed by atoms with Gasteiger partial charge in [0.15, 0.2) is 0 Å². The van der Waals surface area contributed by atoms with Crippen LogP contribution in [0.1, 0.15) is 11.1 Å². The molecule has 0 amide bonds. The summed E-state index contributed by atoms with van der Waals surface area (Å²) < 4.78 is 5.73. The van der Waals surface area contributed by atoms with Gasteiger partial charge in [0.25, 0.3) is 0 Å². The van der Waals surface area contributed by atoms with Gasteiger partial charge in [-0.05, 0) is 37.1 Å². The minimum atomic E-state index is 0.301. The molecule has 0 aliphatic carbocycles. The highest BCUT2D eigenvalue weighted by atomic mass is 16.5. The molecule has 0 aromatic heterocycles. The molecule has 2 rings (SSSR count). The monoisotopic (exact) mass is 234 g/mol. The molecule has 3 heteroatoms. The van der Waals surface area contributed by atoms with Crippen molar-refractivity contribution >= 4 is 5.69 Å². The summed E-state index contributed by atoms with van der Waals surface area (Å²) in [5, 5.41) is 3.36. The zero-order valence-electron chi connectivity index (χ0n) is 11.0. The molecule has 1 atom stereocenters. The standard InChI is InChI=1S/C14H22N2O/c1-11-6-12(2)8-13(7-11)16(3)10-14-9-15-4-5-17-14/h6-8,14-15H,4-5,9-10H2,1-3H3. The van der Waals surface area contributed by atoms with Crippen LogP contribution in [0.3, 0.4) is 0 Å². The van der Waals surface area contributed by atoms with Crippen molar-refractivity contribution in [3.63, 3.8) is 0 Å². The molecular weight excluding hydrogens is 212 g/mol. The fourth-order valence-corrected chi connectivity index (χ4v) is 2.32. The molecule has 1 aliphatic rings. The van der Waals surface area contributed by atoms with Crippen LogP contribution < -0.4 is 10.2 Å². The molecule has 1 fully saturated rings. The molecular formula is C14H22N2O. The zero-order chi connectivity index (χ0) is 12.3. The van der Waals surface area contributed by atoms with E-state index < -0.39 is 0 Å². The van der Waals surface area contributed by atoms with Crippen molar-refractivity contribution in [2.75, 3.05) is 38.2 Å². The van der Waals surface area contributed by atoms with Gasteiger partial charge in [0.1, 0.15) is 0 Å². The van der Waals surface area contributed by atoms with Crippen LogP contribution in [0, 0.1) is 13.8 Å². The van der Waals surface area contributed by atoms with Gasteiger partial charge in [-0.2, -0.15) is 0 Å². The van der Waals surface area contributed by atoms with Crippen molar-refractivity contribution in [2.45, 2.75) is 20.0 Å². The fourth-order valence-electron chi connectivity index (χ4n) is 2.32. The lowest BCUT2D eigenvalue weighted by Crippen LogP contribution is -2.44. The van der Waals surface area contributed by atoms with E-state index >= 15 is 0 Å². The first-order valence-corrected chi connectivity index (χ1v) is 6.27. The van der Waals surface area contributed by atoms with Crippen LogP contribution in [0.4, 0.5) is 5.69 Å². The predicted molar refractivity (Wildman–Crippen MR) is 71.8 cm³/mol. The van der Waals surface area contributed by atoms with Crippen molar-refractivity contribution in [3.8, 4) is 0 Å². The number of benzene rings is 1. The van der Waals surface area contributed by atoms with Crippen LogP contribution in [0.2, 0.25) is 0 Å². The molecule has 3 nitrogen and oxygen atoms in total. The largest absolute Gasteiger partial charge is 0.374 e. The molecule has 1 aromatic carbocycles. The molecule has 0 radical (unpaired) electrons. The summed E-state index contributed by atoms with van der Waals surface area (Å²) in [6.45, 7) is 7.98. The highest BCUT2D eigenvalue weighted by Crippen LogP contribution is 2.18. The minimum absolute atomic E-state index is 0.301. The number of nitrogens with one attached hydrogen (secondary N) is 1. The SMILES string of the molecule is Cc1cc(C)cc(N(C)CC2CNCCO2)c1. The van der Waals surface area contributed by atoms with Gasteiger partial charge >= 0.3 is 0 Å². The Bertz CT molecular complexity index is 352. The molecule has 1 N–H and O–H groups in total. The van der Waals surface area contributed by atoms with Crippen LogP contribution in [0.25, 0.3) is 0 Å². The Kier molecular flexibility index (Phi) is 4.02. The summed E-state index contributed by atoms with van der Waals surface area (Å²) >= 11 is 0. The van der Waals surface area contributed by atoms with E-state index in [1.807, 2.05) is 0 Å². The number of hydrogen-bond acceptors (Lipinski definition) is 3. The van der Waals surface area contributed by atoms with Gasteiger partial charge in [0, 0.05) is 32.4 Å². The summed E-state index contributed by atoms with van der Waals surface area (Å²) in [4.78, 5) is 2.28. The van der Waals surface area contributed by atoms with Gasteiger partial charge in [0.2, 0.25) is 0 Å². The number of anilines is 1. The molecule has 1 aromatic rings. The lowest BCUT2D eigenvalue weighted by molar-refractivity contribution is 0.0340. The molecule has 1 heterocycles. The summed E-state index contributed by atoms with van der Waals surface area (Å²) in [5.41, 5.74) is 3.90. The van der Waals surface area contributed by atoms with Gasteiger partial charge in [-0.25, -0.2) is 0 Å². The Morgan fingerprint density at radius 3 is 2.59 bits per heavy atom. The summed E-state index contributed by atoms with van der Waals surface area (Å²) in [5.74, 6) is 0. The fraction of sp³-hybridized carbons (Fsp3) is 0.571. The van der Waals surface area contributed by atoms with E-state index in [0.717, 1.165) is 26.2 Å². The molecule has 1 saturated heterocycles. The van der Waals surface area contributed by atoms with Gasteiger partial charge in [0.05, 0.1) is 12.7 Å². The topological polar surface area (TPSA) is 24.5 Å². The number of morpholine rings is 1. The smallest absolute Gasteiger partial charge is 0.0874 e. The quantitative estimate of drug-likeness (QED) is 0.862. The number of likely N-dealkylation sites (N-methyl/N-ethyl adjacent to an activating group) is 1. The maximum atomic E-state index is 5.73. The maximum absolute atomic E-state index is 5.73. The molecule has 0 spiro atoms. The number of nitrogens with zero attached hydrogens (tertiary/aromatic N) is 1. The molecule has 1 aliphatic heterocycles. The van der Waals surface area contributed by atoms with E-state index in [2.05, 4.69) is 49.3 Å². The molecule has 0 saturated carbocycles. The Labute approximate surface area is 104 Å². The first kappa shape index (κ1) is 12.4. The number of ether oxygens (including phenoxy) is 1. The molecule has 0 bridgehead atoms. The minimum Gasteiger partial charge on any atom is -0.374 e. The van der Waals surface area contributed by atoms with E-state index in [4.69, 9.17) is 4.74 Å². The molecule has 17 heavy (non-hydrogen) atoms. The van der Waals surface area contributed by atoms with Crippen LogP contribution in [0.5, 0.6) is 0 Å². The molecule has 1 unspecified atom stereocenters. The summed E-state index contributed by atoms with van der Waals surface area (Å²) in [6, 6.07) is 6.66. The predicted octanol–water partition coefficient (Wildman–Crippen LogP) is 1.73. The Morgan fingerprint density at radius 1 is 1.29 bits per heavy atom. The average Bonchev–Trinajstić information content (AvgIpc) is 2.29. The molecule has 94 valence electrons. The average molecular weight is 234 g/mol. The second-order valence-corrected chi connectivity index (χ2v) is 4.92. The second-order valence-electron chi connectivity index (χ2n) is 4.92. The Hall–Kier alpha value is -1.06. The highest BCUT2D eigenvalue weighted by molar-refractivity contribution is 5.50. The van der Waals surface area contributed by atoms with Gasteiger partial charge in [-0.3, -0.25) is 0 Å². The summed E-state index contributed by atoms with van der Waals surface area (Å²) in [7, 11) is 2.13. The van der Waals surface area contributed by atoms with Crippen molar-refractivity contribution in [1.29, 1.82) is 0 Å². The third-order valence-corrected chi connectivity index (χ3v) is 3.13. The third-order valence-electron chi connectivity index (χ3n) is 3.13. The Morgan fingerprint density at radius 2 is 2.00 bits per heavy atom. The van der Waals surface area contributed by atoms with Crippen LogP contribution in [-0.2, 0) is 4.74 Å². The second kappa shape index (κ2) is 5.52. The van der Waals surface area contributed by atoms with E-state index in [1.165, 1.54) is 16.8 Å². The van der Waals surface area contributed by atoms with Crippen molar-refractivity contribution in [1.82, 2.24) is 5.32 Å². The normalized spacial score (nSPS) is 20.3. The van der Waals surface area contributed by atoms with E-state index in [0.29, 0.717) is 6.10 Å². The first-order chi connectivity index (χ1) is 8.15. The Balaban J connectivity index is 2.00. The van der Waals surface area contributed by atoms with E-state index in [1.54, 1.807) is 0 Å². The van der Waals surface area contributed by atoms with Crippen LogP contribution in [0.15, 0.2) is 18.2 Å². The van der Waals surface area contributed by atoms with Crippen molar-refractivity contribution < 1.29 is 4.74 Å². The van der Waals surface area contributed by atoms with E-state index in [9.17, 15) is 0 Å². The van der Waals surface area contributed by atoms with Gasteiger partial charge in [-0.15, -0.1) is 0 Å². The van der Waals surface area contributed by atoms with E-state index in [-0.39, 0.29) is 0 Å².